The summed E-state index contributed by atoms with van der Waals surface area (Å²) in [5, 5.41) is 13.8. The van der Waals surface area contributed by atoms with Crippen molar-refractivity contribution in [3.05, 3.63) is 12.2 Å². The second-order valence-electron chi connectivity index (χ2n) is 4.29. The van der Waals surface area contributed by atoms with Gasteiger partial charge in [-0.2, -0.15) is 5.10 Å². The van der Waals surface area contributed by atoms with E-state index in [-0.39, 0.29) is 6.10 Å². The summed E-state index contributed by atoms with van der Waals surface area (Å²) in [6, 6.07) is 0. The van der Waals surface area contributed by atoms with Crippen LogP contribution in [0.25, 0.3) is 0 Å². The first-order valence-electron chi connectivity index (χ1n) is 5.86. The minimum Gasteiger partial charge on any atom is -0.393 e. The molecule has 2 rings (SSSR count). The van der Waals surface area contributed by atoms with Gasteiger partial charge in [-0.05, 0) is 38.5 Å². The van der Waals surface area contributed by atoms with Crippen molar-refractivity contribution in [3.8, 4) is 0 Å². The predicted molar refractivity (Wildman–Crippen MR) is 57.4 cm³/mol. The summed E-state index contributed by atoms with van der Waals surface area (Å²) in [7, 11) is 0. The maximum Gasteiger partial charge on any atom is 0.138 e. The summed E-state index contributed by atoms with van der Waals surface area (Å²) in [5.41, 5.74) is 0. The van der Waals surface area contributed by atoms with Gasteiger partial charge >= 0.3 is 0 Å². The Morgan fingerprint density at radius 1 is 1.60 bits per heavy atom. The molecular formula is C11H19N3O. The monoisotopic (exact) mass is 209 g/mol. The Hall–Kier alpha value is -0.900. The van der Waals surface area contributed by atoms with E-state index in [1.54, 1.807) is 6.33 Å². The lowest BCUT2D eigenvalue weighted by atomic mass is 10.1. The summed E-state index contributed by atoms with van der Waals surface area (Å²) in [6.07, 6.45) is 6.80. The molecule has 1 N–H and O–H groups in total. The van der Waals surface area contributed by atoms with Crippen molar-refractivity contribution >= 4 is 0 Å². The highest BCUT2D eigenvalue weighted by molar-refractivity contribution is 4.86. The van der Waals surface area contributed by atoms with E-state index in [0.29, 0.717) is 5.92 Å². The molecule has 1 aromatic rings. The summed E-state index contributed by atoms with van der Waals surface area (Å²) in [5.74, 6) is 1.63. The van der Waals surface area contributed by atoms with Gasteiger partial charge in [0.15, 0.2) is 0 Å². The first-order valence-corrected chi connectivity index (χ1v) is 5.86. The van der Waals surface area contributed by atoms with Crippen molar-refractivity contribution in [2.24, 2.45) is 5.92 Å². The molecule has 4 heteroatoms. The Morgan fingerprint density at radius 3 is 3.07 bits per heavy atom. The quantitative estimate of drug-likeness (QED) is 0.770. The smallest absolute Gasteiger partial charge is 0.138 e. The Kier molecular flexibility index (Phi) is 3.36. The fraction of sp³-hybridized carbons (Fsp3) is 0.818. The molecule has 1 aliphatic carbocycles. The lowest BCUT2D eigenvalue weighted by Gasteiger charge is -2.08. The van der Waals surface area contributed by atoms with Gasteiger partial charge in [0, 0.05) is 13.0 Å². The van der Waals surface area contributed by atoms with Crippen LogP contribution in [-0.2, 0) is 13.0 Å². The third-order valence-corrected chi connectivity index (χ3v) is 3.06. The highest BCUT2D eigenvalue weighted by Crippen LogP contribution is 2.34. The second-order valence-corrected chi connectivity index (χ2v) is 4.29. The number of aryl methyl sites for hydroxylation is 2. The van der Waals surface area contributed by atoms with Crippen LogP contribution >= 0.6 is 0 Å². The van der Waals surface area contributed by atoms with Gasteiger partial charge in [0.2, 0.25) is 0 Å². The van der Waals surface area contributed by atoms with Gasteiger partial charge < -0.3 is 5.11 Å². The SMILES string of the molecule is CCn1ncnc1CCCC(O)C1CC1. The maximum absolute atomic E-state index is 9.70. The molecular weight excluding hydrogens is 190 g/mol. The standard InChI is InChI=1S/C11H19N3O/c1-2-14-11(12-8-13-14)5-3-4-10(15)9-6-7-9/h8-10,15H,2-7H2,1H3. The van der Waals surface area contributed by atoms with Crippen molar-refractivity contribution in [2.45, 2.75) is 51.7 Å². The summed E-state index contributed by atoms with van der Waals surface area (Å²) < 4.78 is 1.92. The van der Waals surface area contributed by atoms with Crippen molar-refractivity contribution in [2.75, 3.05) is 0 Å². The van der Waals surface area contributed by atoms with E-state index in [1.165, 1.54) is 12.8 Å². The van der Waals surface area contributed by atoms with Crippen molar-refractivity contribution in [3.63, 3.8) is 0 Å². The van der Waals surface area contributed by atoms with Crippen LogP contribution in [-0.4, -0.2) is 26.0 Å². The number of nitrogens with zero attached hydrogens (tertiary/aromatic N) is 3. The summed E-state index contributed by atoms with van der Waals surface area (Å²) in [4.78, 5) is 4.21. The van der Waals surface area contributed by atoms with Gasteiger partial charge in [0.25, 0.3) is 0 Å². The van der Waals surface area contributed by atoms with Crippen LogP contribution in [0.15, 0.2) is 6.33 Å². The molecule has 0 amide bonds. The first-order chi connectivity index (χ1) is 7.31. The van der Waals surface area contributed by atoms with Crippen LogP contribution in [0, 0.1) is 5.92 Å². The van der Waals surface area contributed by atoms with E-state index in [4.69, 9.17) is 0 Å². The van der Waals surface area contributed by atoms with Crippen LogP contribution in [0.3, 0.4) is 0 Å². The van der Waals surface area contributed by atoms with Crippen LogP contribution in [0.1, 0.15) is 38.4 Å². The molecule has 15 heavy (non-hydrogen) atoms. The van der Waals surface area contributed by atoms with Gasteiger partial charge in [-0.3, -0.25) is 4.68 Å². The molecule has 1 aliphatic rings. The Labute approximate surface area is 90.3 Å². The molecule has 0 aromatic carbocycles. The molecule has 1 heterocycles. The number of aromatic nitrogens is 3. The lowest BCUT2D eigenvalue weighted by molar-refractivity contribution is 0.139. The van der Waals surface area contributed by atoms with Gasteiger partial charge in [-0.15, -0.1) is 0 Å². The Bertz CT molecular complexity index is 307. The Morgan fingerprint density at radius 2 is 2.40 bits per heavy atom. The van der Waals surface area contributed by atoms with Crippen LogP contribution in [0.5, 0.6) is 0 Å². The zero-order valence-electron chi connectivity index (χ0n) is 9.26. The molecule has 0 bridgehead atoms. The zero-order valence-corrected chi connectivity index (χ0v) is 9.26. The number of hydrogen-bond acceptors (Lipinski definition) is 3. The average Bonchev–Trinajstić information content (AvgIpc) is 2.99. The number of aliphatic hydroxyl groups excluding tert-OH is 1. The maximum atomic E-state index is 9.70. The molecule has 0 spiro atoms. The molecule has 0 radical (unpaired) electrons. The van der Waals surface area contributed by atoms with Crippen LogP contribution < -0.4 is 0 Å². The molecule has 0 aliphatic heterocycles. The highest BCUT2D eigenvalue weighted by Gasteiger charge is 2.28. The van der Waals surface area contributed by atoms with Gasteiger partial charge in [0.1, 0.15) is 12.2 Å². The fourth-order valence-corrected chi connectivity index (χ4v) is 1.93. The zero-order chi connectivity index (χ0) is 10.7. The highest BCUT2D eigenvalue weighted by atomic mass is 16.3. The van der Waals surface area contributed by atoms with Gasteiger partial charge in [0.05, 0.1) is 6.10 Å². The van der Waals surface area contributed by atoms with E-state index < -0.39 is 0 Å². The van der Waals surface area contributed by atoms with Gasteiger partial charge in [-0.1, -0.05) is 0 Å². The fourth-order valence-electron chi connectivity index (χ4n) is 1.93. The summed E-state index contributed by atoms with van der Waals surface area (Å²) in [6.45, 7) is 2.94. The van der Waals surface area contributed by atoms with E-state index >= 15 is 0 Å². The van der Waals surface area contributed by atoms with E-state index in [9.17, 15) is 5.11 Å². The van der Waals surface area contributed by atoms with Crippen molar-refractivity contribution < 1.29 is 5.11 Å². The van der Waals surface area contributed by atoms with Crippen LogP contribution in [0.4, 0.5) is 0 Å². The van der Waals surface area contributed by atoms with E-state index in [0.717, 1.165) is 31.6 Å². The van der Waals surface area contributed by atoms with Gasteiger partial charge in [-0.25, -0.2) is 4.98 Å². The minimum atomic E-state index is -0.0806. The molecule has 1 atom stereocenters. The number of aliphatic hydroxyl groups is 1. The third kappa shape index (κ3) is 2.78. The molecule has 1 aromatic heterocycles. The van der Waals surface area contributed by atoms with Crippen molar-refractivity contribution in [1.82, 2.24) is 14.8 Å². The summed E-state index contributed by atoms with van der Waals surface area (Å²) >= 11 is 0. The minimum absolute atomic E-state index is 0.0806. The molecule has 4 nitrogen and oxygen atoms in total. The van der Waals surface area contributed by atoms with Crippen LogP contribution in [0.2, 0.25) is 0 Å². The molecule has 0 saturated heterocycles. The predicted octanol–water partition coefficient (Wildman–Crippen LogP) is 1.39. The number of hydrogen-bond donors (Lipinski definition) is 1. The molecule has 84 valence electrons. The number of rotatable bonds is 6. The normalized spacial score (nSPS) is 18.0. The molecule has 1 fully saturated rings. The largest absolute Gasteiger partial charge is 0.393 e. The second kappa shape index (κ2) is 4.75. The molecule has 1 saturated carbocycles. The first kappa shape index (κ1) is 10.6. The average molecular weight is 209 g/mol. The van der Waals surface area contributed by atoms with Crippen molar-refractivity contribution in [1.29, 1.82) is 0 Å². The topological polar surface area (TPSA) is 50.9 Å². The lowest BCUT2D eigenvalue weighted by Crippen LogP contribution is -2.10. The van der Waals surface area contributed by atoms with E-state index in [1.807, 2.05) is 4.68 Å². The Balaban J connectivity index is 1.72. The molecule has 1 unspecified atom stereocenters. The van der Waals surface area contributed by atoms with E-state index in [2.05, 4.69) is 17.0 Å². The third-order valence-electron chi connectivity index (χ3n) is 3.06.